The third kappa shape index (κ3) is 12.5. The fourth-order valence-corrected chi connectivity index (χ4v) is 4.48. The fourth-order valence-electron chi connectivity index (χ4n) is 2.18. The molecule has 3 aromatic rings. The molecule has 0 unspecified atom stereocenters. The zero-order valence-electron chi connectivity index (χ0n) is 15.6. The van der Waals surface area contributed by atoms with Crippen LogP contribution in [0.3, 0.4) is 0 Å². The minimum Gasteiger partial charge on any atom is -1.00 e. The molecule has 0 aliphatic carbocycles. The third-order valence-corrected chi connectivity index (χ3v) is 5.49. The number of halogens is 4. The van der Waals surface area contributed by atoms with Crippen LogP contribution in [0.5, 0.6) is 0 Å². The Kier molecular flexibility index (Phi) is 25.5. The molecule has 0 fully saturated rings. The predicted molar refractivity (Wildman–Crippen MR) is 104 cm³/mol. The van der Waals surface area contributed by atoms with Gasteiger partial charge in [0.25, 0.3) is 0 Å². The second-order valence-electron chi connectivity index (χ2n) is 5.59. The summed E-state index contributed by atoms with van der Waals surface area (Å²) in [4.78, 5) is 0. The standard InChI is InChI=1S/C18H15P.C3H9N.4ClH.Pt/c1-4-10-16(11-5-1)19(17-12-6-2-7-13-17)18-14-8-3-9-15-18;1-3(2)4;;;;;/h1-15H;3H,4H2,1-2H3;4*1H;/q;;;;;;+2/p-4. The van der Waals surface area contributed by atoms with Gasteiger partial charge in [-0.15, -0.1) is 0 Å². The Morgan fingerprint density at radius 3 is 0.893 bits per heavy atom. The molecule has 7 heteroatoms. The molecule has 0 bridgehead atoms. The molecule has 0 aliphatic rings. The van der Waals surface area contributed by atoms with Gasteiger partial charge in [0.15, 0.2) is 0 Å². The molecule has 0 saturated carbocycles. The molecule has 158 valence electrons. The Hall–Kier alpha value is -0.102. The summed E-state index contributed by atoms with van der Waals surface area (Å²) >= 11 is 0. The molecule has 0 atom stereocenters. The average Bonchev–Trinajstić information content (AvgIpc) is 2.58. The summed E-state index contributed by atoms with van der Waals surface area (Å²) in [5.74, 6) is 0. The van der Waals surface area contributed by atoms with Crippen LogP contribution in [0.15, 0.2) is 91.0 Å². The summed E-state index contributed by atoms with van der Waals surface area (Å²) in [7, 11) is -0.446. The third-order valence-electron chi connectivity index (χ3n) is 3.04. The topological polar surface area (TPSA) is 26.0 Å². The summed E-state index contributed by atoms with van der Waals surface area (Å²) in [6, 6.07) is 32.7. The van der Waals surface area contributed by atoms with Gasteiger partial charge in [-0.05, 0) is 29.9 Å². The van der Waals surface area contributed by atoms with Crippen molar-refractivity contribution in [1.29, 1.82) is 0 Å². The largest absolute Gasteiger partial charge is 2.00 e. The van der Waals surface area contributed by atoms with Crippen molar-refractivity contribution in [2.45, 2.75) is 19.9 Å². The van der Waals surface area contributed by atoms with Crippen LogP contribution in [0.1, 0.15) is 13.8 Å². The average molecular weight is 658 g/mol. The Morgan fingerprint density at radius 1 is 0.536 bits per heavy atom. The maximum atomic E-state index is 5.11. The van der Waals surface area contributed by atoms with Gasteiger partial charge in [-0.2, -0.15) is 0 Å². The van der Waals surface area contributed by atoms with Gasteiger partial charge in [-0.25, -0.2) is 0 Å². The van der Waals surface area contributed by atoms with Crippen molar-refractivity contribution in [1.82, 2.24) is 0 Å². The molecule has 0 amide bonds. The van der Waals surface area contributed by atoms with E-state index in [1.54, 1.807) is 0 Å². The van der Waals surface area contributed by atoms with E-state index < -0.39 is 7.92 Å². The summed E-state index contributed by atoms with van der Waals surface area (Å²) in [5, 5.41) is 4.19. The van der Waals surface area contributed by atoms with Crippen molar-refractivity contribution in [2.24, 2.45) is 5.73 Å². The SMILES string of the molecule is CC(C)N.[Cl-].[Cl-].[Cl-].[Cl-].[Pt+2].c1ccc(P(c2ccccc2)c2ccccc2)cc1. The number of nitrogens with two attached hydrogens (primary N) is 1. The van der Waals surface area contributed by atoms with Gasteiger partial charge in [0.05, 0.1) is 0 Å². The van der Waals surface area contributed by atoms with Gasteiger partial charge >= 0.3 is 21.1 Å². The summed E-state index contributed by atoms with van der Waals surface area (Å²) in [6.07, 6.45) is 0. The second kappa shape index (κ2) is 20.2. The first-order chi connectivity index (χ1) is 11.2. The Morgan fingerprint density at radius 2 is 0.714 bits per heavy atom. The smallest absolute Gasteiger partial charge is 1.00 e. The minimum absolute atomic E-state index is 0. The van der Waals surface area contributed by atoms with Crippen molar-refractivity contribution < 1.29 is 70.7 Å². The Balaban J connectivity index is -0.000000295. The van der Waals surface area contributed by atoms with E-state index in [1.807, 2.05) is 13.8 Å². The number of hydrogen-bond acceptors (Lipinski definition) is 1. The van der Waals surface area contributed by atoms with Crippen LogP contribution in [-0.4, -0.2) is 6.04 Å². The monoisotopic (exact) mass is 656 g/mol. The molecule has 1 nitrogen and oxygen atoms in total. The number of hydrogen-bond donors (Lipinski definition) is 1. The van der Waals surface area contributed by atoms with Crippen molar-refractivity contribution >= 4 is 23.8 Å². The molecular formula is C21H24Cl4NPPt-2. The molecule has 3 aromatic carbocycles. The number of benzene rings is 3. The Bertz CT molecular complexity index is 592. The van der Waals surface area contributed by atoms with E-state index >= 15 is 0 Å². The van der Waals surface area contributed by atoms with Crippen LogP contribution in [0, 0.1) is 0 Å². The van der Waals surface area contributed by atoms with E-state index in [0.717, 1.165) is 0 Å². The van der Waals surface area contributed by atoms with E-state index in [2.05, 4.69) is 91.0 Å². The molecule has 0 saturated heterocycles. The molecule has 0 aromatic heterocycles. The summed E-state index contributed by atoms with van der Waals surface area (Å²) in [6.45, 7) is 3.89. The van der Waals surface area contributed by atoms with Crippen molar-refractivity contribution in [2.75, 3.05) is 0 Å². The quantitative estimate of drug-likeness (QED) is 0.279. The summed E-state index contributed by atoms with van der Waals surface area (Å²) in [5.41, 5.74) is 5.11. The first-order valence-corrected chi connectivity index (χ1v) is 9.23. The van der Waals surface area contributed by atoms with Crippen LogP contribution < -0.4 is 71.3 Å². The van der Waals surface area contributed by atoms with Crippen LogP contribution >= 0.6 is 7.92 Å². The first-order valence-electron chi connectivity index (χ1n) is 7.89. The second-order valence-corrected chi connectivity index (χ2v) is 7.81. The van der Waals surface area contributed by atoms with Crippen LogP contribution in [0.4, 0.5) is 0 Å². The Labute approximate surface area is 209 Å². The normalized spacial score (nSPS) is 8.46. The molecule has 28 heavy (non-hydrogen) atoms. The fraction of sp³-hybridized carbons (Fsp3) is 0.143. The van der Waals surface area contributed by atoms with Crippen LogP contribution in [0.25, 0.3) is 0 Å². The molecule has 2 N–H and O–H groups in total. The zero-order valence-corrected chi connectivity index (χ0v) is 21.8. The molecule has 0 heterocycles. The van der Waals surface area contributed by atoms with Crippen molar-refractivity contribution in [3.63, 3.8) is 0 Å². The van der Waals surface area contributed by atoms with E-state index in [1.165, 1.54) is 15.9 Å². The van der Waals surface area contributed by atoms with Gasteiger partial charge in [0.1, 0.15) is 0 Å². The maximum absolute atomic E-state index is 5.11. The van der Waals surface area contributed by atoms with Gasteiger partial charge in [0, 0.05) is 0 Å². The van der Waals surface area contributed by atoms with Gasteiger partial charge in [-0.1, -0.05) is 105 Å². The molecule has 0 radical (unpaired) electrons. The van der Waals surface area contributed by atoms with E-state index in [4.69, 9.17) is 5.73 Å². The van der Waals surface area contributed by atoms with Gasteiger partial charge in [-0.3, -0.25) is 0 Å². The summed E-state index contributed by atoms with van der Waals surface area (Å²) < 4.78 is 0. The minimum atomic E-state index is -0.446. The molecule has 3 rings (SSSR count). The van der Waals surface area contributed by atoms with E-state index in [9.17, 15) is 0 Å². The van der Waals surface area contributed by atoms with Gasteiger partial charge < -0.3 is 55.4 Å². The van der Waals surface area contributed by atoms with Crippen molar-refractivity contribution in [3.8, 4) is 0 Å². The van der Waals surface area contributed by atoms with E-state index in [0.29, 0.717) is 6.04 Å². The van der Waals surface area contributed by atoms with Crippen molar-refractivity contribution in [3.05, 3.63) is 91.0 Å². The molecular weight excluding hydrogens is 634 g/mol. The molecule has 0 aliphatic heterocycles. The van der Waals surface area contributed by atoms with Crippen LogP contribution in [-0.2, 0) is 21.1 Å². The first kappa shape index (κ1) is 35.3. The number of rotatable bonds is 3. The van der Waals surface area contributed by atoms with Crippen LogP contribution in [0.2, 0.25) is 0 Å². The maximum Gasteiger partial charge on any atom is 2.00 e. The van der Waals surface area contributed by atoms with E-state index in [-0.39, 0.29) is 70.7 Å². The molecule has 0 spiro atoms. The van der Waals surface area contributed by atoms with Gasteiger partial charge in [0.2, 0.25) is 0 Å². The zero-order chi connectivity index (χ0) is 16.5. The predicted octanol–water partition coefficient (Wildman–Crippen LogP) is -8.19.